The Labute approximate surface area is 233 Å². The second-order valence-electron chi connectivity index (χ2n) is 10.7. The van der Waals surface area contributed by atoms with Gasteiger partial charge >= 0.3 is 5.97 Å². The lowest BCUT2D eigenvalue weighted by Gasteiger charge is -2.39. The topological polar surface area (TPSA) is 186 Å². The number of rotatable bonds is 5. The predicted molar refractivity (Wildman–Crippen MR) is 139 cm³/mol. The Morgan fingerprint density at radius 3 is 2.61 bits per heavy atom. The van der Waals surface area contributed by atoms with E-state index in [-0.39, 0.29) is 58.7 Å². The number of aliphatic hydroxyl groups is 2. The Hall–Kier alpha value is -4.26. The number of esters is 1. The summed E-state index contributed by atoms with van der Waals surface area (Å²) in [4.78, 5) is 54.5. The molecule has 12 heteroatoms. The third kappa shape index (κ3) is 4.17. The third-order valence-corrected chi connectivity index (χ3v) is 7.93. The van der Waals surface area contributed by atoms with Gasteiger partial charge in [-0.15, -0.1) is 0 Å². The second-order valence-corrected chi connectivity index (χ2v) is 10.7. The van der Waals surface area contributed by atoms with Gasteiger partial charge in [0.05, 0.1) is 23.3 Å². The van der Waals surface area contributed by atoms with Crippen LogP contribution in [0.2, 0.25) is 0 Å². The van der Waals surface area contributed by atoms with Crippen LogP contribution < -0.4 is 10.5 Å². The number of aryl methyl sites for hydroxylation is 1. The number of nitrogens with zero attached hydrogens (tertiary/aromatic N) is 1. The van der Waals surface area contributed by atoms with Crippen LogP contribution in [-0.2, 0) is 19.1 Å². The lowest BCUT2D eigenvalue weighted by atomic mass is 9.78. The summed E-state index contributed by atoms with van der Waals surface area (Å²) >= 11 is 0. The van der Waals surface area contributed by atoms with E-state index >= 15 is 0 Å². The molecule has 0 aromatic heterocycles. The summed E-state index contributed by atoms with van der Waals surface area (Å²) in [6, 6.07) is 6.50. The molecule has 5 unspecified atom stereocenters. The number of phenolic OH excluding ortho intramolecular Hbond substituents is 1. The van der Waals surface area contributed by atoms with E-state index in [0.29, 0.717) is 11.1 Å². The molecule has 2 saturated heterocycles. The number of carbonyl (C=O) groups is 4. The van der Waals surface area contributed by atoms with Crippen molar-refractivity contribution in [3.63, 3.8) is 0 Å². The SMILES string of the molecule is Cc1cc(O)c2c(c1)C1OC(=O)[C@H](CCC(N)=O)N1C1=C2C(=O)c2cccc(OC3CC(O)C(O)C(C)O3)c2C1=O. The third-order valence-electron chi connectivity index (χ3n) is 7.93. The molecule has 1 aliphatic carbocycles. The Bertz CT molecular complexity index is 1540. The maximum Gasteiger partial charge on any atom is 0.331 e. The number of hydrogen-bond donors (Lipinski definition) is 4. The largest absolute Gasteiger partial charge is 0.507 e. The Balaban J connectivity index is 1.50. The number of Topliss-reactive ketones (excluding diaryl/α,β-unsaturated/α-hetero) is 2. The van der Waals surface area contributed by atoms with Crippen molar-refractivity contribution in [1.82, 2.24) is 4.90 Å². The van der Waals surface area contributed by atoms with E-state index in [1.165, 1.54) is 29.2 Å². The minimum atomic E-state index is -1.13. The van der Waals surface area contributed by atoms with Gasteiger partial charge in [-0.25, -0.2) is 4.79 Å². The molecule has 3 aliphatic heterocycles. The number of fused-ring (bicyclic) bond motifs is 6. The summed E-state index contributed by atoms with van der Waals surface area (Å²) < 4.78 is 17.3. The van der Waals surface area contributed by atoms with Crippen molar-refractivity contribution in [3.05, 3.63) is 63.8 Å². The van der Waals surface area contributed by atoms with Crippen LogP contribution in [0.5, 0.6) is 11.5 Å². The summed E-state index contributed by atoms with van der Waals surface area (Å²) in [5.41, 5.74) is 6.08. The summed E-state index contributed by atoms with van der Waals surface area (Å²) in [7, 11) is 0. The van der Waals surface area contributed by atoms with Gasteiger partial charge < -0.3 is 40.2 Å². The molecular formula is C29H28N2O10. The van der Waals surface area contributed by atoms with Crippen LogP contribution in [0.1, 0.15) is 69.8 Å². The fourth-order valence-corrected chi connectivity index (χ4v) is 6.05. The maximum absolute atomic E-state index is 14.4. The molecule has 214 valence electrons. The summed E-state index contributed by atoms with van der Waals surface area (Å²) in [6.45, 7) is 3.30. The van der Waals surface area contributed by atoms with E-state index in [9.17, 15) is 34.5 Å². The minimum Gasteiger partial charge on any atom is -0.507 e. The van der Waals surface area contributed by atoms with E-state index in [1.54, 1.807) is 19.9 Å². The molecule has 12 nitrogen and oxygen atoms in total. The van der Waals surface area contributed by atoms with E-state index in [0.717, 1.165) is 0 Å². The molecule has 41 heavy (non-hydrogen) atoms. The molecule has 2 fully saturated rings. The molecule has 4 aliphatic rings. The van der Waals surface area contributed by atoms with Crippen LogP contribution in [0, 0.1) is 6.92 Å². The van der Waals surface area contributed by atoms with Gasteiger partial charge in [0, 0.05) is 29.5 Å². The van der Waals surface area contributed by atoms with Gasteiger partial charge in [0.1, 0.15) is 29.3 Å². The van der Waals surface area contributed by atoms with Gasteiger partial charge in [0.2, 0.25) is 24.2 Å². The van der Waals surface area contributed by atoms with Gasteiger partial charge in [0.15, 0.2) is 5.78 Å². The molecule has 0 bridgehead atoms. The van der Waals surface area contributed by atoms with Crippen molar-refractivity contribution in [3.8, 4) is 11.5 Å². The van der Waals surface area contributed by atoms with Gasteiger partial charge in [-0.3, -0.25) is 14.4 Å². The number of primary amides is 1. The molecule has 6 rings (SSSR count). The Kier molecular flexibility index (Phi) is 6.36. The number of ketones is 2. The fourth-order valence-electron chi connectivity index (χ4n) is 6.05. The number of aliphatic hydroxyl groups excluding tert-OH is 2. The molecule has 1 amide bonds. The van der Waals surface area contributed by atoms with Gasteiger partial charge in [-0.05, 0) is 44.0 Å². The quantitative estimate of drug-likeness (QED) is 0.383. The molecule has 6 atom stereocenters. The number of ether oxygens (including phenoxy) is 3. The molecule has 0 saturated carbocycles. The highest BCUT2D eigenvalue weighted by Gasteiger charge is 2.54. The normalized spacial score (nSPS) is 28.5. The van der Waals surface area contributed by atoms with Gasteiger partial charge in [0.25, 0.3) is 0 Å². The van der Waals surface area contributed by atoms with E-state index in [4.69, 9.17) is 19.9 Å². The second kappa shape index (κ2) is 9.68. The van der Waals surface area contributed by atoms with Crippen LogP contribution in [0.25, 0.3) is 5.57 Å². The first-order valence-electron chi connectivity index (χ1n) is 13.2. The molecule has 2 aromatic carbocycles. The standard InChI is InChI=1S/C29H28N2O10/c1-11-8-14-21(16(32)9-11)23-24(31-15(6-7-19(30)34)29(38)41-28(14)31)27(37)22-13(26(23)36)4-3-5-18(22)40-20-10-17(33)25(35)12(2)39-20/h3-5,8-9,12,15,17,20,25,28,32-33,35H,6-7,10H2,1-2H3,(H2,30,34)/t12?,15-,17?,20?,25?,28?/m0/s1. The zero-order chi connectivity index (χ0) is 29.3. The van der Waals surface area contributed by atoms with Gasteiger partial charge in [-0.2, -0.15) is 0 Å². The van der Waals surface area contributed by atoms with E-state index < -0.39 is 60.3 Å². The number of amides is 1. The number of phenols is 1. The smallest absolute Gasteiger partial charge is 0.331 e. The highest BCUT2D eigenvalue weighted by atomic mass is 16.7. The molecule has 3 heterocycles. The minimum absolute atomic E-state index is 0.00351. The molecule has 5 N–H and O–H groups in total. The van der Waals surface area contributed by atoms with Crippen LogP contribution in [0.3, 0.4) is 0 Å². The lowest BCUT2D eigenvalue weighted by molar-refractivity contribution is -0.216. The number of aromatic hydroxyl groups is 1. The van der Waals surface area contributed by atoms with Crippen LogP contribution in [0.15, 0.2) is 36.0 Å². The number of nitrogens with two attached hydrogens (primary N) is 1. The zero-order valence-corrected chi connectivity index (χ0v) is 22.2. The average Bonchev–Trinajstić information content (AvgIpc) is 3.24. The number of hydrogen-bond acceptors (Lipinski definition) is 11. The summed E-state index contributed by atoms with van der Waals surface area (Å²) in [5, 5.41) is 31.2. The fraction of sp³-hybridized carbons (Fsp3) is 0.379. The number of carbonyl (C=O) groups excluding carboxylic acids is 4. The van der Waals surface area contributed by atoms with Crippen LogP contribution >= 0.6 is 0 Å². The molecule has 0 spiro atoms. The highest BCUT2D eigenvalue weighted by Crippen LogP contribution is 2.52. The van der Waals surface area contributed by atoms with Crippen LogP contribution in [0.4, 0.5) is 0 Å². The molecule has 2 aromatic rings. The van der Waals surface area contributed by atoms with Crippen molar-refractivity contribution < 1.29 is 48.7 Å². The van der Waals surface area contributed by atoms with E-state index in [1.807, 2.05) is 0 Å². The molecular weight excluding hydrogens is 536 g/mol. The number of allylic oxidation sites excluding steroid dienone is 2. The Morgan fingerprint density at radius 1 is 1.15 bits per heavy atom. The summed E-state index contributed by atoms with van der Waals surface area (Å²) in [6.07, 6.45) is -5.48. The number of benzene rings is 2. The first-order valence-corrected chi connectivity index (χ1v) is 13.2. The average molecular weight is 565 g/mol. The van der Waals surface area contributed by atoms with Crippen molar-refractivity contribution in [2.45, 2.75) is 70.0 Å². The van der Waals surface area contributed by atoms with Crippen molar-refractivity contribution in [2.75, 3.05) is 0 Å². The van der Waals surface area contributed by atoms with Crippen LogP contribution in [-0.4, -0.2) is 74.3 Å². The van der Waals surface area contributed by atoms with Crippen molar-refractivity contribution >= 4 is 29.0 Å². The predicted octanol–water partition coefficient (Wildman–Crippen LogP) is 1.23. The van der Waals surface area contributed by atoms with Crippen molar-refractivity contribution in [1.29, 1.82) is 0 Å². The maximum atomic E-state index is 14.4. The van der Waals surface area contributed by atoms with Gasteiger partial charge in [-0.1, -0.05) is 12.1 Å². The molecule has 0 radical (unpaired) electrons. The zero-order valence-electron chi connectivity index (χ0n) is 22.2. The van der Waals surface area contributed by atoms with E-state index in [2.05, 4.69) is 0 Å². The van der Waals surface area contributed by atoms with Crippen molar-refractivity contribution in [2.24, 2.45) is 5.73 Å². The summed E-state index contributed by atoms with van der Waals surface area (Å²) in [5.74, 6) is -2.85. The first-order chi connectivity index (χ1) is 19.5. The highest BCUT2D eigenvalue weighted by molar-refractivity contribution is 6.41. The lowest BCUT2D eigenvalue weighted by Crippen LogP contribution is -2.48. The monoisotopic (exact) mass is 564 g/mol. The first kappa shape index (κ1) is 26.9. The Morgan fingerprint density at radius 2 is 1.90 bits per heavy atom.